The van der Waals surface area contributed by atoms with Crippen LogP contribution in [0.3, 0.4) is 0 Å². The second kappa shape index (κ2) is 7.21. The van der Waals surface area contributed by atoms with E-state index in [1.807, 2.05) is 23.3 Å². The summed E-state index contributed by atoms with van der Waals surface area (Å²) in [6.07, 6.45) is 7.90. The van der Waals surface area contributed by atoms with Crippen LogP contribution in [-0.2, 0) is 0 Å². The summed E-state index contributed by atoms with van der Waals surface area (Å²) in [7, 11) is 0. The molecule has 0 aromatic carbocycles. The summed E-state index contributed by atoms with van der Waals surface area (Å²) in [6.45, 7) is 1.06. The largest absolute Gasteiger partial charge is 0.362 e. The lowest BCUT2D eigenvalue weighted by atomic mass is 10.2. The van der Waals surface area contributed by atoms with Crippen LogP contribution >= 0.6 is 23.1 Å². The third kappa shape index (κ3) is 5.16. The first-order chi connectivity index (χ1) is 6.43. The Hall–Kier alpha value is -0.220. The molecule has 0 amide bonds. The molecule has 0 spiro atoms. The van der Waals surface area contributed by atoms with Crippen molar-refractivity contribution in [3.05, 3.63) is 11.6 Å². The third-order valence-corrected chi connectivity index (χ3v) is 3.16. The van der Waals surface area contributed by atoms with Gasteiger partial charge >= 0.3 is 0 Å². The SMILES string of the molecule is CSCCCCCNc1nccs1. The van der Waals surface area contributed by atoms with E-state index in [9.17, 15) is 0 Å². The Balaban J connectivity index is 1.90. The van der Waals surface area contributed by atoms with Gasteiger partial charge in [0.2, 0.25) is 0 Å². The molecule has 74 valence electrons. The van der Waals surface area contributed by atoms with Gasteiger partial charge in [0.05, 0.1) is 0 Å². The van der Waals surface area contributed by atoms with E-state index < -0.39 is 0 Å². The highest BCUT2D eigenvalue weighted by atomic mass is 32.2. The number of hydrogen-bond donors (Lipinski definition) is 1. The molecule has 1 heterocycles. The van der Waals surface area contributed by atoms with Gasteiger partial charge in [0.1, 0.15) is 0 Å². The van der Waals surface area contributed by atoms with E-state index in [1.165, 1.54) is 25.0 Å². The van der Waals surface area contributed by atoms with Gasteiger partial charge in [0.25, 0.3) is 0 Å². The summed E-state index contributed by atoms with van der Waals surface area (Å²) < 4.78 is 0. The smallest absolute Gasteiger partial charge is 0.182 e. The van der Waals surface area contributed by atoms with Crippen LogP contribution in [-0.4, -0.2) is 23.5 Å². The molecule has 1 N–H and O–H groups in total. The van der Waals surface area contributed by atoms with Gasteiger partial charge in [-0.2, -0.15) is 11.8 Å². The first-order valence-corrected chi connectivity index (χ1v) is 6.83. The monoisotopic (exact) mass is 216 g/mol. The Kier molecular flexibility index (Phi) is 6.02. The first kappa shape index (κ1) is 10.9. The van der Waals surface area contributed by atoms with Gasteiger partial charge in [-0.25, -0.2) is 4.98 Å². The van der Waals surface area contributed by atoms with Crippen LogP contribution in [0, 0.1) is 0 Å². The maximum Gasteiger partial charge on any atom is 0.182 e. The van der Waals surface area contributed by atoms with Crippen molar-refractivity contribution in [2.75, 3.05) is 23.9 Å². The highest BCUT2D eigenvalue weighted by Gasteiger charge is 1.92. The molecule has 0 aliphatic rings. The van der Waals surface area contributed by atoms with Crippen molar-refractivity contribution in [3.8, 4) is 0 Å². The van der Waals surface area contributed by atoms with Gasteiger partial charge in [0, 0.05) is 18.1 Å². The molecule has 0 radical (unpaired) electrons. The Morgan fingerprint density at radius 3 is 3.08 bits per heavy atom. The minimum absolute atomic E-state index is 1.05. The maximum atomic E-state index is 4.15. The fourth-order valence-corrected chi connectivity index (χ4v) is 2.10. The van der Waals surface area contributed by atoms with Crippen LogP contribution in [0.2, 0.25) is 0 Å². The van der Waals surface area contributed by atoms with Crippen molar-refractivity contribution >= 4 is 28.2 Å². The predicted molar refractivity (Wildman–Crippen MR) is 62.8 cm³/mol. The van der Waals surface area contributed by atoms with Gasteiger partial charge in [-0.15, -0.1) is 11.3 Å². The molecular weight excluding hydrogens is 200 g/mol. The average Bonchev–Trinajstić information content (AvgIpc) is 2.63. The number of thioether (sulfide) groups is 1. The fourth-order valence-electron chi connectivity index (χ4n) is 1.05. The van der Waals surface area contributed by atoms with E-state index >= 15 is 0 Å². The van der Waals surface area contributed by atoms with Crippen molar-refractivity contribution < 1.29 is 0 Å². The second-order valence-electron chi connectivity index (χ2n) is 2.82. The Morgan fingerprint density at radius 1 is 1.46 bits per heavy atom. The number of nitrogens with one attached hydrogen (secondary N) is 1. The number of thiazole rings is 1. The highest BCUT2D eigenvalue weighted by Crippen LogP contribution is 2.10. The Morgan fingerprint density at radius 2 is 2.38 bits per heavy atom. The van der Waals surface area contributed by atoms with E-state index in [0.29, 0.717) is 0 Å². The topological polar surface area (TPSA) is 24.9 Å². The lowest BCUT2D eigenvalue weighted by Gasteiger charge is -2.01. The van der Waals surface area contributed by atoms with Gasteiger partial charge in [-0.05, 0) is 24.9 Å². The molecule has 0 bridgehead atoms. The second-order valence-corrected chi connectivity index (χ2v) is 4.70. The van der Waals surface area contributed by atoms with Crippen LogP contribution in [0.1, 0.15) is 19.3 Å². The van der Waals surface area contributed by atoms with E-state index in [0.717, 1.165) is 11.7 Å². The molecule has 0 fully saturated rings. The summed E-state index contributed by atoms with van der Waals surface area (Å²) in [6, 6.07) is 0. The van der Waals surface area contributed by atoms with Gasteiger partial charge in [-0.3, -0.25) is 0 Å². The summed E-state index contributed by atoms with van der Waals surface area (Å²) in [5, 5.41) is 6.34. The molecule has 1 aromatic heterocycles. The number of hydrogen-bond acceptors (Lipinski definition) is 4. The summed E-state index contributed by atoms with van der Waals surface area (Å²) >= 11 is 3.59. The number of aromatic nitrogens is 1. The average molecular weight is 216 g/mol. The Bertz CT molecular complexity index is 199. The van der Waals surface area contributed by atoms with Crippen LogP contribution in [0.25, 0.3) is 0 Å². The van der Waals surface area contributed by atoms with Crippen LogP contribution in [0.4, 0.5) is 5.13 Å². The number of unbranched alkanes of at least 4 members (excludes halogenated alkanes) is 2. The predicted octanol–water partition coefficient (Wildman–Crippen LogP) is 3.09. The van der Waals surface area contributed by atoms with Crippen molar-refractivity contribution in [3.63, 3.8) is 0 Å². The summed E-state index contributed by atoms with van der Waals surface area (Å²) in [5.41, 5.74) is 0. The fraction of sp³-hybridized carbons (Fsp3) is 0.667. The maximum absolute atomic E-state index is 4.15. The molecule has 1 rings (SSSR count). The minimum atomic E-state index is 1.05. The molecule has 0 saturated heterocycles. The van der Waals surface area contributed by atoms with Crippen LogP contribution in [0.15, 0.2) is 11.6 Å². The zero-order chi connectivity index (χ0) is 9.36. The standard InChI is InChI=1S/C9H16N2S2/c1-12-7-4-2-3-5-10-9-11-6-8-13-9/h6,8H,2-5,7H2,1H3,(H,10,11). The molecule has 0 atom stereocenters. The molecule has 0 aliphatic carbocycles. The molecular formula is C9H16N2S2. The number of anilines is 1. The molecule has 0 aliphatic heterocycles. The third-order valence-electron chi connectivity index (χ3n) is 1.73. The normalized spacial score (nSPS) is 10.2. The zero-order valence-electron chi connectivity index (χ0n) is 7.95. The van der Waals surface area contributed by atoms with E-state index in [-0.39, 0.29) is 0 Å². The van der Waals surface area contributed by atoms with Crippen molar-refractivity contribution in [1.82, 2.24) is 4.98 Å². The van der Waals surface area contributed by atoms with Crippen LogP contribution in [0.5, 0.6) is 0 Å². The number of nitrogens with zero attached hydrogens (tertiary/aromatic N) is 1. The lowest BCUT2D eigenvalue weighted by Crippen LogP contribution is -2.00. The molecule has 0 unspecified atom stereocenters. The Labute approximate surface area is 88.2 Å². The van der Waals surface area contributed by atoms with Gasteiger partial charge in [-0.1, -0.05) is 6.42 Å². The zero-order valence-corrected chi connectivity index (χ0v) is 9.59. The molecule has 4 heteroatoms. The van der Waals surface area contributed by atoms with Crippen molar-refractivity contribution in [1.29, 1.82) is 0 Å². The molecule has 0 saturated carbocycles. The molecule has 2 nitrogen and oxygen atoms in total. The molecule has 1 aromatic rings. The first-order valence-electron chi connectivity index (χ1n) is 4.56. The molecule has 13 heavy (non-hydrogen) atoms. The van der Waals surface area contributed by atoms with E-state index in [4.69, 9.17) is 0 Å². The lowest BCUT2D eigenvalue weighted by molar-refractivity contribution is 0.749. The highest BCUT2D eigenvalue weighted by molar-refractivity contribution is 7.98. The van der Waals surface area contributed by atoms with Gasteiger partial charge in [0.15, 0.2) is 5.13 Å². The van der Waals surface area contributed by atoms with Crippen molar-refractivity contribution in [2.24, 2.45) is 0 Å². The van der Waals surface area contributed by atoms with Gasteiger partial charge < -0.3 is 5.32 Å². The number of rotatable bonds is 7. The van der Waals surface area contributed by atoms with Crippen molar-refractivity contribution in [2.45, 2.75) is 19.3 Å². The summed E-state index contributed by atoms with van der Waals surface area (Å²) in [4.78, 5) is 4.15. The van der Waals surface area contributed by atoms with E-state index in [1.54, 1.807) is 11.3 Å². The van der Waals surface area contributed by atoms with E-state index in [2.05, 4.69) is 16.6 Å². The summed E-state index contributed by atoms with van der Waals surface area (Å²) in [5.74, 6) is 1.29. The minimum Gasteiger partial charge on any atom is -0.362 e. The quantitative estimate of drug-likeness (QED) is 0.709. The van der Waals surface area contributed by atoms with Crippen LogP contribution < -0.4 is 5.32 Å².